The molecule has 2 rings (SSSR count). The van der Waals surface area contributed by atoms with Crippen molar-refractivity contribution in [1.29, 1.82) is 0 Å². The van der Waals surface area contributed by atoms with Gasteiger partial charge in [-0.15, -0.1) is 0 Å². The Morgan fingerprint density at radius 2 is 1.69 bits per heavy atom. The smallest absolute Gasteiger partial charge is 0.239 e. The molecule has 0 spiro atoms. The minimum Gasteiger partial charge on any atom is -0.273 e. The number of hydrogen-bond donors (Lipinski definition) is 0. The Morgan fingerprint density at radius 3 is 2.25 bits per heavy atom. The number of nitrogens with zero attached hydrogens (tertiary/aromatic N) is 1. The fourth-order valence-electron chi connectivity index (χ4n) is 1.62. The Bertz CT molecular complexity index is 389. The average Bonchev–Trinajstić information content (AvgIpc) is 2.62. The van der Waals surface area contributed by atoms with Gasteiger partial charge in [-0.3, -0.25) is 9.59 Å². The minimum absolute atomic E-state index is 0.0715. The zero-order chi connectivity index (χ0) is 11.5. The maximum atomic E-state index is 11.4. The highest BCUT2D eigenvalue weighted by Gasteiger charge is 2.31. The summed E-state index contributed by atoms with van der Waals surface area (Å²) in [5.41, 5.74) is 1.13. The Labute approximate surface area is 99.0 Å². The predicted molar refractivity (Wildman–Crippen MR) is 63.5 cm³/mol. The average molecular weight is 235 g/mol. The van der Waals surface area contributed by atoms with E-state index in [2.05, 4.69) is 0 Å². The molecule has 0 aromatic heterocycles. The van der Waals surface area contributed by atoms with Crippen LogP contribution in [0.25, 0.3) is 0 Å². The summed E-state index contributed by atoms with van der Waals surface area (Å²) in [6, 6.07) is 9.87. The van der Waals surface area contributed by atoms with Crippen molar-refractivity contribution in [3.8, 4) is 0 Å². The van der Waals surface area contributed by atoms with Crippen LogP contribution in [0.5, 0.6) is 0 Å². The number of carbonyl (C=O) groups excluding carboxylic acids is 2. The fourth-order valence-corrected chi connectivity index (χ4v) is 2.63. The Balaban J connectivity index is 2.05. The SMILES string of the molecule is CC(SN1C(=O)CCC1=O)c1ccccc1. The monoisotopic (exact) mass is 235 g/mol. The lowest BCUT2D eigenvalue weighted by Gasteiger charge is -2.17. The van der Waals surface area contributed by atoms with E-state index in [1.165, 1.54) is 16.3 Å². The van der Waals surface area contributed by atoms with Crippen molar-refractivity contribution in [3.63, 3.8) is 0 Å². The highest BCUT2D eigenvalue weighted by molar-refractivity contribution is 7.98. The molecule has 1 aromatic carbocycles. The van der Waals surface area contributed by atoms with Crippen molar-refractivity contribution in [2.45, 2.75) is 25.0 Å². The summed E-state index contributed by atoms with van der Waals surface area (Å²) in [6.45, 7) is 2.00. The Morgan fingerprint density at radius 1 is 1.12 bits per heavy atom. The predicted octanol–water partition coefficient (Wildman–Crippen LogP) is 2.54. The summed E-state index contributed by atoms with van der Waals surface area (Å²) >= 11 is 1.31. The van der Waals surface area contributed by atoms with Crippen molar-refractivity contribution in [2.75, 3.05) is 0 Å². The summed E-state index contributed by atoms with van der Waals surface area (Å²) in [7, 11) is 0. The van der Waals surface area contributed by atoms with Crippen LogP contribution in [0, 0.1) is 0 Å². The maximum Gasteiger partial charge on any atom is 0.239 e. The molecule has 0 N–H and O–H groups in total. The third-order valence-electron chi connectivity index (χ3n) is 2.54. The van der Waals surface area contributed by atoms with E-state index in [0.717, 1.165) is 5.56 Å². The van der Waals surface area contributed by atoms with Gasteiger partial charge in [-0.1, -0.05) is 30.3 Å². The lowest BCUT2D eigenvalue weighted by atomic mass is 10.2. The second-order valence-corrected chi connectivity index (χ2v) is 5.02. The number of amides is 2. The van der Waals surface area contributed by atoms with E-state index in [-0.39, 0.29) is 17.1 Å². The van der Waals surface area contributed by atoms with Crippen molar-refractivity contribution in [2.24, 2.45) is 0 Å². The highest BCUT2D eigenvalue weighted by Crippen LogP contribution is 2.34. The first-order valence-electron chi connectivity index (χ1n) is 5.26. The molecule has 1 atom stereocenters. The molecule has 1 fully saturated rings. The number of hydrogen-bond acceptors (Lipinski definition) is 3. The van der Waals surface area contributed by atoms with Gasteiger partial charge in [0, 0.05) is 18.1 Å². The normalized spacial score (nSPS) is 17.9. The van der Waals surface area contributed by atoms with Gasteiger partial charge in [0.05, 0.1) is 0 Å². The van der Waals surface area contributed by atoms with Gasteiger partial charge in [0.15, 0.2) is 0 Å². The van der Waals surface area contributed by atoms with E-state index in [4.69, 9.17) is 0 Å². The number of benzene rings is 1. The molecule has 84 valence electrons. The fraction of sp³-hybridized carbons (Fsp3) is 0.333. The van der Waals surface area contributed by atoms with Crippen LogP contribution >= 0.6 is 11.9 Å². The van der Waals surface area contributed by atoms with Crippen LogP contribution in [0.4, 0.5) is 0 Å². The van der Waals surface area contributed by atoms with Crippen molar-refractivity contribution < 1.29 is 9.59 Å². The second-order valence-electron chi connectivity index (χ2n) is 3.74. The first kappa shape index (κ1) is 11.2. The van der Waals surface area contributed by atoms with Gasteiger partial charge in [-0.2, -0.15) is 0 Å². The van der Waals surface area contributed by atoms with Crippen LogP contribution < -0.4 is 0 Å². The number of imide groups is 1. The minimum atomic E-state index is -0.0715. The summed E-state index contributed by atoms with van der Waals surface area (Å²) < 4.78 is 1.30. The van der Waals surface area contributed by atoms with Gasteiger partial charge in [-0.05, 0) is 24.4 Å². The van der Waals surface area contributed by atoms with E-state index in [1.807, 2.05) is 37.3 Å². The van der Waals surface area contributed by atoms with Crippen molar-refractivity contribution >= 4 is 23.8 Å². The molecule has 3 nitrogen and oxygen atoms in total. The molecule has 0 radical (unpaired) electrons. The molecular weight excluding hydrogens is 222 g/mol. The third-order valence-corrected chi connectivity index (χ3v) is 3.74. The van der Waals surface area contributed by atoms with E-state index < -0.39 is 0 Å². The van der Waals surface area contributed by atoms with Gasteiger partial charge >= 0.3 is 0 Å². The van der Waals surface area contributed by atoms with Crippen molar-refractivity contribution in [3.05, 3.63) is 35.9 Å². The van der Waals surface area contributed by atoms with Gasteiger partial charge in [-0.25, -0.2) is 4.31 Å². The molecule has 4 heteroatoms. The number of carbonyl (C=O) groups is 2. The summed E-state index contributed by atoms with van der Waals surface area (Å²) in [5.74, 6) is -0.143. The van der Waals surface area contributed by atoms with Crippen LogP contribution in [-0.4, -0.2) is 16.1 Å². The quantitative estimate of drug-likeness (QED) is 0.597. The van der Waals surface area contributed by atoms with Gasteiger partial charge in [0.25, 0.3) is 0 Å². The zero-order valence-corrected chi connectivity index (χ0v) is 9.87. The van der Waals surface area contributed by atoms with Crippen LogP contribution in [0.2, 0.25) is 0 Å². The molecule has 1 aromatic rings. The van der Waals surface area contributed by atoms with E-state index >= 15 is 0 Å². The molecule has 1 aliphatic heterocycles. The zero-order valence-electron chi connectivity index (χ0n) is 9.05. The van der Waals surface area contributed by atoms with Crippen LogP contribution in [-0.2, 0) is 9.59 Å². The van der Waals surface area contributed by atoms with E-state index in [1.54, 1.807) is 0 Å². The molecule has 0 saturated carbocycles. The van der Waals surface area contributed by atoms with Crippen LogP contribution in [0.1, 0.15) is 30.6 Å². The Hall–Kier alpha value is -1.29. The van der Waals surface area contributed by atoms with E-state index in [0.29, 0.717) is 12.8 Å². The first-order chi connectivity index (χ1) is 7.68. The molecule has 2 amide bonds. The molecule has 1 aliphatic rings. The standard InChI is InChI=1S/C12H13NO2S/c1-9(10-5-3-2-4-6-10)16-13-11(14)7-8-12(13)15/h2-6,9H,7-8H2,1H3. The lowest BCUT2D eigenvalue weighted by molar-refractivity contribution is -0.131. The summed E-state index contributed by atoms with van der Waals surface area (Å²) in [5, 5.41) is 0.118. The topological polar surface area (TPSA) is 37.4 Å². The number of rotatable bonds is 3. The molecule has 1 unspecified atom stereocenters. The molecule has 0 aliphatic carbocycles. The molecule has 0 bridgehead atoms. The van der Waals surface area contributed by atoms with Crippen LogP contribution in [0.15, 0.2) is 30.3 Å². The van der Waals surface area contributed by atoms with E-state index in [9.17, 15) is 9.59 Å². The van der Waals surface area contributed by atoms with Crippen molar-refractivity contribution in [1.82, 2.24) is 4.31 Å². The molecule has 1 heterocycles. The van der Waals surface area contributed by atoms with Gasteiger partial charge in [0.1, 0.15) is 0 Å². The summed E-state index contributed by atoms with van der Waals surface area (Å²) in [4.78, 5) is 22.9. The van der Waals surface area contributed by atoms with Gasteiger partial charge < -0.3 is 0 Å². The highest BCUT2D eigenvalue weighted by atomic mass is 32.2. The molecule has 1 saturated heterocycles. The first-order valence-corrected chi connectivity index (χ1v) is 6.09. The maximum absolute atomic E-state index is 11.4. The molecular formula is C12H13NO2S. The summed E-state index contributed by atoms with van der Waals surface area (Å²) in [6.07, 6.45) is 0.709. The largest absolute Gasteiger partial charge is 0.273 e. The lowest BCUT2D eigenvalue weighted by Crippen LogP contribution is -2.22. The second kappa shape index (κ2) is 4.70. The van der Waals surface area contributed by atoms with Crippen LogP contribution in [0.3, 0.4) is 0 Å². The Kier molecular flexibility index (Phi) is 3.29. The van der Waals surface area contributed by atoms with Gasteiger partial charge in [0.2, 0.25) is 11.8 Å². The third kappa shape index (κ3) is 2.27. The molecule has 16 heavy (non-hydrogen) atoms.